The number of hydrogen-bond donors (Lipinski definition) is 1. The van der Waals surface area contributed by atoms with Crippen molar-refractivity contribution in [2.75, 3.05) is 38.2 Å². The van der Waals surface area contributed by atoms with Gasteiger partial charge in [0, 0.05) is 36.7 Å². The third kappa shape index (κ3) is 4.43. The summed E-state index contributed by atoms with van der Waals surface area (Å²) in [6.45, 7) is 3.99. The van der Waals surface area contributed by atoms with Crippen molar-refractivity contribution < 1.29 is 17.6 Å². The minimum absolute atomic E-state index is 0.0553. The van der Waals surface area contributed by atoms with Crippen molar-refractivity contribution in [3.05, 3.63) is 47.9 Å². The monoisotopic (exact) mass is 396 g/mol. The van der Waals surface area contributed by atoms with Crippen molar-refractivity contribution >= 4 is 21.8 Å². The molecule has 0 bridgehead atoms. The fraction of sp³-hybridized carbons (Fsp3) is 0.444. The van der Waals surface area contributed by atoms with Crippen LogP contribution in [0, 0.1) is 6.92 Å². The molecule has 3 rings (SSSR count). The fourth-order valence-electron chi connectivity index (χ4n) is 3.07. The zero-order valence-electron chi connectivity index (χ0n) is 15.0. The molecule has 8 heteroatoms. The number of furan rings is 1. The summed E-state index contributed by atoms with van der Waals surface area (Å²) in [5.41, 5.74) is 1.85. The van der Waals surface area contributed by atoms with Crippen LogP contribution in [0.3, 0.4) is 0 Å². The summed E-state index contributed by atoms with van der Waals surface area (Å²) in [5.74, 6) is 2.44. The number of nitrogens with zero attached hydrogens (tertiary/aromatic N) is 1. The van der Waals surface area contributed by atoms with Gasteiger partial charge < -0.3 is 9.15 Å². The fourth-order valence-corrected chi connectivity index (χ4v) is 5.29. The summed E-state index contributed by atoms with van der Waals surface area (Å²) in [6.07, 6.45) is 3.31. The maximum absolute atomic E-state index is 12.9. The number of benzene rings is 1. The molecule has 0 aliphatic carbocycles. The number of methoxy groups -OCH3 is 1. The Labute approximate surface area is 159 Å². The summed E-state index contributed by atoms with van der Waals surface area (Å²) in [7, 11) is -2.21. The van der Waals surface area contributed by atoms with Crippen molar-refractivity contribution in [3.63, 3.8) is 0 Å². The summed E-state index contributed by atoms with van der Waals surface area (Å²) >= 11 is 1.92. The van der Waals surface area contributed by atoms with Crippen LogP contribution in [0.15, 0.2) is 46.1 Å². The lowest BCUT2D eigenvalue weighted by molar-refractivity contribution is 0.218. The highest BCUT2D eigenvalue weighted by Gasteiger charge is 2.27. The number of hydrogen-bond acceptors (Lipinski definition) is 6. The normalized spacial score (nSPS) is 17.2. The molecular weight excluding hydrogens is 372 g/mol. The number of sulfonamides is 1. The molecule has 26 heavy (non-hydrogen) atoms. The first-order valence-electron chi connectivity index (χ1n) is 8.49. The number of thioether (sulfide) groups is 1. The molecule has 1 N–H and O–H groups in total. The van der Waals surface area contributed by atoms with Crippen LogP contribution >= 0.6 is 11.8 Å². The molecule has 0 saturated carbocycles. The number of rotatable bonds is 7. The van der Waals surface area contributed by atoms with E-state index in [0.717, 1.165) is 35.7 Å². The van der Waals surface area contributed by atoms with Gasteiger partial charge in [-0.15, -0.1) is 0 Å². The zero-order chi connectivity index (χ0) is 18.6. The Bertz CT molecular complexity index is 816. The standard InChI is InChI=1S/C18H24N2O4S2/c1-14-3-4-17(23-2)18(11-14)26(21,22)19-12-16(15-5-8-24-13-15)20-6-9-25-10-7-20/h3-5,8,11,13,16,19H,6-7,9-10,12H2,1-2H3. The Morgan fingerprint density at radius 3 is 2.73 bits per heavy atom. The Balaban J connectivity index is 1.81. The predicted molar refractivity (Wildman–Crippen MR) is 103 cm³/mol. The van der Waals surface area contributed by atoms with E-state index in [1.54, 1.807) is 24.7 Å². The smallest absolute Gasteiger partial charge is 0.244 e. The van der Waals surface area contributed by atoms with Gasteiger partial charge in [0.2, 0.25) is 10.0 Å². The molecule has 1 aliphatic rings. The third-order valence-corrected chi connectivity index (χ3v) is 6.88. The molecule has 1 saturated heterocycles. The van der Waals surface area contributed by atoms with E-state index in [1.807, 2.05) is 30.8 Å². The number of aryl methyl sites for hydroxylation is 1. The predicted octanol–water partition coefficient (Wildman–Crippen LogP) is 2.67. The van der Waals surface area contributed by atoms with Crippen molar-refractivity contribution in [1.82, 2.24) is 9.62 Å². The van der Waals surface area contributed by atoms with Gasteiger partial charge in [0.15, 0.2) is 0 Å². The molecule has 0 spiro atoms. The molecule has 1 aliphatic heterocycles. The van der Waals surface area contributed by atoms with Crippen molar-refractivity contribution in [2.24, 2.45) is 0 Å². The second kappa shape index (κ2) is 8.47. The van der Waals surface area contributed by atoms with Crippen molar-refractivity contribution in [1.29, 1.82) is 0 Å². The lowest BCUT2D eigenvalue weighted by atomic mass is 10.1. The van der Waals surface area contributed by atoms with Crippen LogP contribution in [-0.2, 0) is 10.0 Å². The first kappa shape index (κ1) is 19.3. The van der Waals surface area contributed by atoms with Gasteiger partial charge in [0.05, 0.1) is 25.7 Å². The lowest BCUT2D eigenvalue weighted by Gasteiger charge is -2.34. The molecule has 0 amide bonds. The third-order valence-electron chi connectivity index (χ3n) is 4.49. The second-order valence-electron chi connectivity index (χ2n) is 6.23. The van der Waals surface area contributed by atoms with Gasteiger partial charge in [-0.1, -0.05) is 6.07 Å². The van der Waals surface area contributed by atoms with Crippen LogP contribution in [0.25, 0.3) is 0 Å². The summed E-state index contributed by atoms with van der Waals surface area (Å²) < 4.78 is 39.0. The van der Waals surface area contributed by atoms with Crippen LogP contribution in [-0.4, -0.2) is 51.6 Å². The molecule has 6 nitrogen and oxygen atoms in total. The van der Waals surface area contributed by atoms with E-state index in [0.29, 0.717) is 5.75 Å². The maximum Gasteiger partial charge on any atom is 0.244 e. The van der Waals surface area contributed by atoms with Gasteiger partial charge in [0.1, 0.15) is 10.6 Å². The van der Waals surface area contributed by atoms with E-state index in [4.69, 9.17) is 9.15 Å². The van der Waals surface area contributed by atoms with Gasteiger partial charge in [-0.2, -0.15) is 11.8 Å². The number of ether oxygens (including phenoxy) is 1. The molecule has 1 aromatic carbocycles. The minimum atomic E-state index is -3.69. The SMILES string of the molecule is COc1ccc(C)cc1S(=O)(=O)NCC(c1ccoc1)N1CCSCC1. The Morgan fingerprint density at radius 2 is 2.08 bits per heavy atom. The molecule has 142 valence electrons. The first-order valence-corrected chi connectivity index (χ1v) is 11.1. The Kier molecular flexibility index (Phi) is 6.29. The van der Waals surface area contributed by atoms with E-state index in [2.05, 4.69) is 9.62 Å². The quantitative estimate of drug-likeness (QED) is 0.776. The molecule has 1 unspecified atom stereocenters. The van der Waals surface area contributed by atoms with Gasteiger partial charge in [-0.05, 0) is 30.7 Å². The topological polar surface area (TPSA) is 71.8 Å². The average Bonchev–Trinajstić information content (AvgIpc) is 3.17. The first-order chi connectivity index (χ1) is 12.5. The van der Waals surface area contributed by atoms with Gasteiger partial charge in [-0.3, -0.25) is 4.90 Å². The number of nitrogens with one attached hydrogen (secondary N) is 1. The van der Waals surface area contributed by atoms with Crippen molar-refractivity contribution in [3.8, 4) is 5.75 Å². The second-order valence-corrected chi connectivity index (χ2v) is 9.19. The van der Waals surface area contributed by atoms with Gasteiger partial charge in [0.25, 0.3) is 0 Å². The van der Waals surface area contributed by atoms with Crippen LogP contribution in [0.4, 0.5) is 0 Å². The van der Waals surface area contributed by atoms with Gasteiger partial charge >= 0.3 is 0 Å². The summed E-state index contributed by atoms with van der Waals surface area (Å²) in [4.78, 5) is 2.47. The lowest BCUT2D eigenvalue weighted by Crippen LogP contribution is -2.41. The van der Waals surface area contributed by atoms with E-state index in [1.165, 1.54) is 7.11 Å². The zero-order valence-corrected chi connectivity index (χ0v) is 16.6. The molecule has 2 aromatic rings. The molecule has 1 aromatic heterocycles. The van der Waals surface area contributed by atoms with Crippen LogP contribution < -0.4 is 9.46 Å². The largest absolute Gasteiger partial charge is 0.495 e. The Hall–Kier alpha value is -1.48. The summed E-state index contributed by atoms with van der Waals surface area (Å²) in [5, 5.41) is 0. The van der Waals surface area contributed by atoms with E-state index in [-0.39, 0.29) is 17.5 Å². The van der Waals surface area contributed by atoms with Crippen LogP contribution in [0.5, 0.6) is 5.75 Å². The molecular formula is C18H24N2O4S2. The summed E-state index contributed by atoms with van der Waals surface area (Å²) in [6, 6.07) is 6.98. The van der Waals surface area contributed by atoms with Gasteiger partial charge in [-0.25, -0.2) is 13.1 Å². The highest BCUT2D eigenvalue weighted by molar-refractivity contribution is 7.99. The van der Waals surface area contributed by atoms with E-state index >= 15 is 0 Å². The highest BCUT2D eigenvalue weighted by atomic mass is 32.2. The van der Waals surface area contributed by atoms with Crippen LogP contribution in [0.2, 0.25) is 0 Å². The van der Waals surface area contributed by atoms with E-state index < -0.39 is 10.0 Å². The van der Waals surface area contributed by atoms with Crippen LogP contribution in [0.1, 0.15) is 17.2 Å². The molecule has 1 fully saturated rings. The highest BCUT2D eigenvalue weighted by Crippen LogP contribution is 2.27. The molecule has 0 radical (unpaired) electrons. The Morgan fingerprint density at radius 1 is 1.31 bits per heavy atom. The van der Waals surface area contributed by atoms with E-state index in [9.17, 15) is 8.42 Å². The minimum Gasteiger partial charge on any atom is -0.495 e. The molecule has 1 atom stereocenters. The van der Waals surface area contributed by atoms with Crippen molar-refractivity contribution in [2.45, 2.75) is 17.9 Å². The molecule has 2 heterocycles. The maximum atomic E-state index is 12.9. The average molecular weight is 397 g/mol.